The fraction of sp³-hybridized carbons (Fsp3) is 0.636. The molecule has 0 spiro atoms. The molecule has 0 saturated heterocycles. The van der Waals surface area contributed by atoms with Gasteiger partial charge in [0.2, 0.25) is 0 Å². The van der Waals surface area contributed by atoms with E-state index in [0.29, 0.717) is 11.5 Å². The highest BCUT2D eigenvalue weighted by atomic mass is 16.4. The number of hydrogen-bond donors (Lipinski definition) is 4. The Morgan fingerprint density at radius 1 is 0.975 bits per heavy atom. The zero-order valence-corrected chi connectivity index (χ0v) is 26.1. The van der Waals surface area contributed by atoms with Crippen molar-refractivity contribution < 1.29 is 19.8 Å². The summed E-state index contributed by atoms with van der Waals surface area (Å²) in [5.41, 5.74) is 3.74. The number of hydrogen-bond acceptors (Lipinski definition) is 4. The first kappa shape index (κ1) is 31.9. The second kappa shape index (κ2) is 12.1. The van der Waals surface area contributed by atoms with E-state index in [0.717, 1.165) is 34.6 Å². The van der Waals surface area contributed by atoms with Crippen molar-refractivity contribution in [1.82, 2.24) is 15.2 Å². The first-order valence-corrected chi connectivity index (χ1v) is 14.7. The Balaban J connectivity index is 2.12. The Bertz CT molecular complexity index is 1210. The summed E-state index contributed by atoms with van der Waals surface area (Å²) < 4.78 is 2.27. The van der Waals surface area contributed by atoms with Crippen LogP contribution in [-0.4, -0.2) is 38.7 Å². The largest absolute Gasteiger partial charge is 0.481 e. The van der Waals surface area contributed by atoms with Crippen LogP contribution < -0.4 is 10.6 Å². The number of carboxylic acids is 1. The molecule has 0 aliphatic heterocycles. The van der Waals surface area contributed by atoms with Crippen LogP contribution in [0.25, 0.3) is 11.3 Å². The number of aliphatic carboxylic acids is 1. The number of amides is 1. The molecular weight excluding hydrogens is 502 g/mol. The highest BCUT2D eigenvalue weighted by Gasteiger charge is 2.29. The highest BCUT2D eigenvalue weighted by molar-refractivity contribution is 5.97. The summed E-state index contributed by atoms with van der Waals surface area (Å²) in [7, 11) is 0. The number of carbonyl (C=O) groups is 2. The molecule has 40 heavy (non-hydrogen) atoms. The van der Waals surface area contributed by atoms with Crippen molar-refractivity contribution in [1.29, 1.82) is 0 Å². The SMILES string of the molecule is Cc1c(C(=O)NCC(C)(C)C(=O)O)cc(-c2cc(C(O)NC(C)(C)C)cc(C(C)(C)C)c2)n1CC1CCCCC1. The molecule has 0 bridgehead atoms. The maximum Gasteiger partial charge on any atom is 0.310 e. The molecular formula is C33H51N3O4. The molecule has 1 unspecified atom stereocenters. The van der Waals surface area contributed by atoms with Gasteiger partial charge in [0.1, 0.15) is 6.23 Å². The molecule has 7 heteroatoms. The van der Waals surface area contributed by atoms with E-state index in [2.05, 4.69) is 48.1 Å². The van der Waals surface area contributed by atoms with Gasteiger partial charge in [-0.2, -0.15) is 0 Å². The number of aliphatic hydroxyl groups is 1. The topological polar surface area (TPSA) is 104 Å². The minimum atomic E-state index is -1.07. The molecule has 2 aromatic rings. The molecule has 1 aromatic carbocycles. The molecule has 1 saturated carbocycles. The van der Waals surface area contributed by atoms with Gasteiger partial charge in [0.05, 0.1) is 11.0 Å². The third-order valence-corrected chi connectivity index (χ3v) is 8.05. The van der Waals surface area contributed by atoms with Gasteiger partial charge in [0, 0.05) is 30.0 Å². The quantitative estimate of drug-likeness (QED) is 0.263. The van der Waals surface area contributed by atoms with E-state index in [-0.39, 0.29) is 23.4 Å². The average Bonchev–Trinajstić information content (AvgIpc) is 3.17. The monoisotopic (exact) mass is 553 g/mol. The van der Waals surface area contributed by atoms with Crippen molar-refractivity contribution in [3.05, 3.63) is 46.6 Å². The molecule has 1 fully saturated rings. The molecule has 1 amide bonds. The molecule has 0 radical (unpaired) electrons. The minimum Gasteiger partial charge on any atom is -0.481 e. The molecule has 4 N–H and O–H groups in total. The zero-order valence-electron chi connectivity index (χ0n) is 26.1. The Kier molecular flexibility index (Phi) is 9.62. The summed E-state index contributed by atoms with van der Waals surface area (Å²) in [5, 5.41) is 26.8. The molecule has 1 atom stereocenters. The lowest BCUT2D eigenvalue weighted by atomic mass is 9.84. The van der Waals surface area contributed by atoms with Crippen LogP contribution in [0.2, 0.25) is 0 Å². The van der Waals surface area contributed by atoms with E-state index in [1.54, 1.807) is 13.8 Å². The third kappa shape index (κ3) is 7.97. The number of nitrogens with one attached hydrogen (secondary N) is 2. The van der Waals surface area contributed by atoms with Crippen LogP contribution in [-0.2, 0) is 16.8 Å². The van der Waals surface area contributed by atoms with Crippen LogP contribution in [0.4, 0.5) is 0 Å². The van der Waals surface area contributed by atoms with Crippen molar-refractivity contribution >= 4 is 11.9 Å². The minimum absolute atomic E-state index is 0.0397. The predicted molar refractivity (Wildman–Crippen MR) is 161 cm³/mol. The number of carbonyl (C=O) groups excluding carboxylic acids is 1. The van der Waals surface area contributed by atoms with E-state index in [1.807, 2.05) is 39.8 Å². The van der Waals surface area contributed by atoms with Gasteiger partial charge in [-0.3, -0.25) is 14.9 Å². The summed E-state index contributed by atoms with van der Waals surface area (Å²) in [6.45, 7) is 18.6. The number of benzene rings is 1. The zero-order chi connectivity index (χ0) is 30.0. The van der Waals surface area contributed by atoms with Gasteiger partial charge < -0.3 is 20.1 Å². The summed E-state index contributed by atoms with van der Waals surface area (Å²) in [6.07, 6.45) is 5.24. The summed E-state index contributed by atoms with van der Waals surface area (Å²) in [4.78, 5) is 25.0. The highest BCUT2D eigenvalue weighted by Crippen LogP contribution is 2.35. The molecule has 1 aromatic heterocycles. The standard InChI is InChI=1S/C33H51N3O4/c1-21-26(29(38)34-20-33(8,9)30(39)40)18-27(36(21)19-22-13-11-10-12-14-22)23-15-24(28(37)35-32(5,6)7)17-25(16-23)31(2,3)4/h15-18,22,28,35,37H,10-14,19-20H2,1-9H3,(H,34,38)(H,39,40). The fourth-order valence-electron chi connectivity index (χ4n) is 5.33. The lowest BCUT2D eigenvalue weighted by Gasteiger charge is -2.28. The van der Waals surface area contributed by atoms with E-state index in [9.17, 15) is 19.8 Å². The van der Waals surface area contributed by atoms with Gasteiger partial charge in [-0.05, 0) is 101 Å². The normalized spacial score (nSPS) is 16.1. The van der Waals surface area contributed by atoms with Gasteiger partial charge in [0.25, 0.3) is 5.91 Å². The van der Waals surface area contributed by atoms with Crippen molar-refractivity contribution in [2.75, 3.05) is 6.54 Å². The van der Waals surface area contributed by atoms with Crippen molar-refractivity contribution in [2.24, 2.45) is 11.3 Å². The maximum absolute atomic E-state index is 13.4. The first-order chi connectivity index (χ1) is 18.4. The Labute approximate surface area is 240 Å². The van der Waals surface area contributed by atoms with Crippen LogP contribution in [0.15, 0.2) is 24.3 Å². The number of carboxylic acid groups (broad SMARTS) is 1. The van der Waals surface area contributed by atoms with Gasteiger partial charge >= 0.3 is 5.97 Å². The number of rotatable bonds is 9. The van der Waals surface area contributed by atoms with Crippen molar-refractivity contribution in [3.63, 3.8) is 0 Å². The molecule has 1 aliphatic carbocycles. The number of aliphatic hydroxyl groups excluding tert-OH is 1. The van der Waals surface area contributed by atoms with E-state index < -0.39 is 17.6 Å². The Morgan fingerprint density at radius 3 is 2.15 bits per heavy atom. The van der Waals surface area contributed by atoms with Crippen molar-refractivity contribution in [2.45, 2.75) is 118 Å². The van der Waals surface area contributed by atoms with Gasteiger partial charge in [-0.1, -0.05) is 46.1 Å². The van der Waals surface area contributed by atoms with Gasteiger partial charge in [0.15, 0.2) is 0 Å². The Morgan fingerprint density at radius 2 is 1.60 bits per heavy atom. The smallest absolute Gasteiger partial charge is 0.310 e. The van der Waals surface area contributed by atoms with Crippen LogP contribution in [0, 0.1) is 18.3 Å². The van der Waals surface area contributed by atoms with Gasteiger partial charge in [-0.25, -0.2) is 0 Å². The van der Waals surface area contributed by atoms with Crippen LogP contribution >= 0.6 is 0 Å². The predicted octanol–water partition coefficient (Wildman–Crippen LogP) is 6.56. The lowest BCUT2D eigenvalue weighted by Crippen LogP contribution is -2.39. The number of aromatic nitrogens is 1. The van der Waals surface area contributed by atoms with E-state index in [1.165, 1.54) is 32.1 Å². The lowest BCUT2D eigenvalue weighted by molar-refractivity contribution is -0.146. The van der Waals surface area contributed by atoms with Crippen LogP contribution in [0.3, 0.4) is 0 Å². The molecule has 1 aliphatic rings. The summed E-state index contributed by atoms with van der Waals surface area (Å²) in [6, 6.07) is 8.21. The van der Waals surface area contributed by atoms with Crippen molar-refractivity contribution in [3.8, 4) is 11.3 Å². The summed E-state index contributed by atoms with van der Waals surface area (Å²) >= 11 is 0. The average molecular weight is 554 g/mol. The molecule has 1 heterocycles. The van der Waals surface area contributed by atoms with Crippen LogP contribution in [0.1, 0.15) is 121 Å². The fourth-order valence-corrected chi connectivity index (χ4v) is 5.33. The van der Waals surface area contributed by atoms with E-state index in [4.69, 9.17) is 0 Å². The summed E-state index contributed by atoms with van der Waals surface area (Å²) in [5.74, 6) is -0.676. The molecule has 222 valence electrons. The second-order valence-corrected chi connectivity index (χ2v) is 14.4. The third-order valence-electron chi connectivity index (χ3n) is 8.05. The first-order valence-electron chi connectivity index (χ1n) is 14.7. The number of nitrogens with zero attached hydrogens (tertiary/aromatic N) is 1. The molecule has 3 rings (SSSR count). The van der Waals surface area contributed by atoms with Gasteiger partial charge in [-0.15, -0.1) is 0 Å². The molecule has 7 nitrogen and oxygen atoms in total. The maximum atomic E-state index is 13.4. The Hall–Kier alpha value is -2.64. The second-order valence-electron chi connectivity index (χ2n) is 14.4. The van der Waals surface area contributed by atoms with E-state index >= 15 is 0 Å². The van der Waals surface area contributed by atoms with Crippen LogP contribution in [0.5, 0.6) is 0 Å².